The summed E-state index contributed by atoms with van der Waals surface area (Å²) in [5.41, 5.74) is -0.663. The molecule has 0 bridgehead atoms. The van der Waals surface area contributed by atoms with Crippen LogP contribution in [-0.2, 0) is 6.18 Å². The second kappa shape index (κ2) is 3.75. The van der Waals surface area contributed by atoms with Crippen molar-refractivity contribution in [2.45, 2.75) is 6.18 Å². The van der Waals surface area contributed by atoms with Gasteiger partial charge in [0.15, 0.2) is 5.43 Å². The maximum absolute atomic E-state index is 12.4. The van der Waals surface area contributed by atoms with Crippen LogP contribution in [0.3, 0.4) is 0 Å². The predicted molar refractivity (Wildman–Crippen MR) is 58.1 cm³/mol. The topological polar surface area (TPSA) is 17.1 Å². The van der Waals surface area contributed by atoms with Gasteiger partial charge in [-0.3, -0.25) is 4.79 Å². The van der Waals surface area contributed by atoms with Gasteiger partial charge >= 0.3 is 6.18 Å². The van der Waals surface area contributed by atoms with Crippen molar-refractivity contribution >= 4 is 33.0 Å². The highest BCUT2D eigenvalue weighted by atomic mass is 35.5. The fourth-order valence-corrected chi connectivity index (χ4v) is 2.36. The van der Waals surface area contributed by atoms with Gasteiger partial charge in [0.05, 0.1) is 0 Å². The molecule has 0 unspecified atom stereocenters. The van der Waals surface area contributed by atoms with Crippen molar-refractivity contribution < 1.29 is 13.2 Å². The summed E-state index contributed by atoms with van der Waals surface area (Å²) in [6.07, 6.45) is -4.49. The molecule has 6 heteroatoms. The highest BCUT2D eigenvalue weighted by Crippen LogP contribution is 2.34. The molecule has 0 saturated carbocycles. The Morgan fingerprint density at radius 2 is 1.88 bits per heavy atom. The number of rotatable bonds is 0. The fourth-order valence-electron chi connectivity index (χ4n) is 1.27. The average Bonchev–Trinajstić information content (AvgIpc) is 2.17. The molecule has 1 aromatic carbocycles. The quantitative estimate of drug-likeness (QED) is 0.704. The Morgan fingerprint density at radius 1 is 1.19 bits per heavy atom. The van der Waals surface area contributed by atoms with Gasteiger partial charge in [-0.1, -0.05) is 11.6 Å². The van der Waals surface area contributed by atoms with Crippen LogP contribution >= 0.6 is 22.9 Å². The van der Waals surface area contributed by atoms with E-state index in [1.54, 1.807) is 0 Å². The van der Waals surface area contributed by atoms with E-state index in [0.717, 1.165) is 0 Å². The molecule has 0 saturated heterocycles. The minimum Gasteiger partial charge on any atom is -0.289 e. The van der Waals surface area contributed by atoms with Crippen molar-refractivity contribution in [3.63, 3.8) is 0 Å². The third-order valence-corrected chi connectivity index (χ3v) is 3.35. The lowest BCUT2D eigenvalue weighted by Crippen LogP contribution is -2.08. The van der Waals surface area contributed by atoms with Crippen LogP contribution in [0.4, 0.5) is 13.2 Å². The van der Waals surface area contributed by atoms with E-state index in [1.807, 2.05) is 0 Å². The van der Waals surface area contributed by atoms with E-state index in [2.05, 4.69) is 0 Å². The number of halogens is 4. The van der Waals surface area contributed by atoms with E-state index in [9.17, 15) is 18.0 Å². The summed E-state index contributed by atoms with van der Waals surface area (Å²) in [7, 11) is 0. The molecule has 0 N–H and O–H groups in total. The molecule has 0 aliphatic heterocycles. The number of fused-ring (bicyclic) bond motifs is 1. The first kappa shape index (κ1) is 11.4. The highest BCUT2D eigenvalue weighted by molar-refractivity contribution is 7.18. The first-order chi connectivity index (χ1) is 7.38. The summed E-state index contributed by atoms with van der Waals surface area (Å²) in [6.45, 7) is 0. The van der Waals surface area contributed by atoms with Crippen molar-refractivity contribution in [1.29, 1.82) is 0 Å². The summed E-state index contributed by atoms with van der Waals surface area (Å²) >= 11 is 6.20. The lowest BCUT2D eigenvalue weighted by atomic mass is 10.2. The van der Waals surface area contributed by atoms with Crippen LogP contribution in [-0.4, -0.2) is 0 Å². The van der Waals surface area contributed by atoms with Gasteiger partial charge in [-0.05, 0) is 18.2 Å². The van der Waals surface area contributed by atoms with Gasteiger partial charge in [-0.2, -0.15) is 13.2 Å². The second-order valence-corrected chi connectivity index (χ2v) is 4.63. The smallest absolute Gasteiger partial charge is 0.289 e. The summed E-state index contributed by atoms with van der Waals surface area (Å²) in [4.78, 5) is 10.6. The Kier molecular flexibility index (Phi) is 2.67. The molecule has 0 aliphatic carbocycles. The lowest BCUT2D eigenvalue weighted by Gasteiger charge is -2.06. The number of alkyl halides is 3. The van der Waals surface area contributed by atoms with Crippen LogP contribution in [0.25, 0.3) is 10.1 Å². The molecular formula is C10H4ClF3OS. The van der Waals surface area contributed by atoms with Crippen LogP contribution in [0.15, 0.2) is 29.1 Å². The third kappa shape index (κ3) is 2.05. The summed E-state index contributed by atoms with van der Waals surface area (Å²) < 4.78 is 37.5. The molecule has 0 atom stereocenters. The molecule has 16 heavy (non-hydrogen) atoms. The van der Waals surface area contributed by atoms with Crippen molar-refractivity contribution in [2.24, 2.45) is 0 Å². The summed E-state index contributed by atoms with van der Waals surface area (Å²) in [5, 5.41) is 0.544. The van der Waals surface area contributed by atoms with Crippen LogP contribution in [0.5, 0.6) is 0 Å². The van der Waals surface area contributed by atoms with E-state index >= 15 is 0 Å². The number of hydrogen-bond acceptors (Lipinski definition) is 2. The standard InChI is InChI=1S/C10H4ClF3OS/c11-5-1-2-8-6(3-5)7(15)4-9(16-8)10(12,13)14/h1-4H. The number of benzene rings is 1. The monoisotopic (exact) mass is 264 g/mol. The molecule has 2 rings (SSSR count). The third-order valence-electron chi connectivity index (χ3n) is 1.97. The average molecular weight is 265 g/mol. The zero-order valence-electron chi connectivity index (χ0n) is 7.64. The van der Waals surface area contributed by atoms with Crippen LogP contribution < -0.4 is 5.43 Å². The molecule has 2 aromatic rings. The minimum atomic E-state index is -4.49. The molecule has 0 aliphatic rings. The van der Waals surface area contributed by atoms with E-state index < -0.39 is 16.5 Å². The molecule has 0 fully saturated rings. The van der Waals surface area contributed by atoms with Gasteiger partial charge in [0, 0.05) is 21.2 Å². The Balaban J connectivity index is 2.79. The normalized spacial score (nSPS) is 12.0. The van der Waals surface area contributed by atoms with Crippen molar-refractivity contribution in [3.8, 4) is 0 Å². The van der Waals surface area contributed by atoms with E-state index in [-0.39, 0.29) is 10.1 Å². The van der Waals surface area contributed by atoms with Gasteiger partial charge < -0.3 is 0 Å². The Morgan fingerprint density at radius 3 is 2.50 bits per heavy atom. The molecule has 1 aromatic heterocycles. The minimum absolute atomic E-state index is 0.213. The molecular weight excluding hydrogens is 261 g/mol. The molecule has 0 radical (unpaired) electrons. The second-order valence-electron chi connectivity index (χ2n) is 3.11. The van der Waals surface area contributed by atoms with Gasteiger partial charge in [-0.15, -0.1) is 11.3 Å². The maximum Gasteiger partial charge on any atom is 0.425 e. The van der Waals surface area contributed by atoms with Gasteiger partial charge in [0.1, 0.15) is 4.88 Å². The van der Waals surface area contributed by atoms with Gasteiger partial charge in [-0.25, -0.2) is 0 Å². The van der Waals surface area contributed by atoms with E-state index in [4.69, 9.17) is 11.6 Å². The molecule has 1 nitrogen and oxygen atoms in total. The summed E-state index contributed by atoms with van der Waals surface area (Å²) in [5.74, 6) is 0. The number of hydrogen-bond donors (Lipinski definition) is 0. The summed E-state index contributed by atoms with van der Waals surface area (Å²) in [6, 6.07) is 4.85. The first-order valence-electron chi connectivity index (χ1n) is 4.18. The van der Waals surface area contributed by atoms with Crippen LogP contribution in [0.1, 0.15) is 4.88 Å². The van der Waals surface area contributed by atoms with E-state index in [0.29, 0.717) is 22.4 Å². The first-order valence-corrected chi connectivity index (χ1v) is 5.38. The van der Waals surface area contributed by atoms with Crippen molar-refractivity contribution in [1.82, 2.24) is 0 Å². The van der Waals surface area contributed by atoms with Crippen molar-refractivity contribution in [2.75, 3.05) is 0 Å². The predicted octanol–water partition coefficient (Wildman–Crippen LogP) is 3.93. The van der Waals surface area contributed by atoms with Gasteiger partial charge in [0.25, 0.3) is 0 Å². The Bertz CT molecular complexity index is 603. The lowest BCUT2D eigenvalue weighted by molar-refractivity contribution is -0.134. The largest absolute Gasteiger partial charge is 0.425 e. The van der Waals surface area contributed by atoms with Crippen LogP contribution in [0, 0.1) is 0 Å². The highest BCUT2D eigenvalue weighted by Gasteiger charge is 2.32. The van der Waals surface area contributed by atoms with E-state index in [1.165, 1.54) is 18.2 Å². The molecule has 84 valence electrons. The van der Waals surface area contributed by atoms with Crippen LogP contribution in [0.2, 0.25) is 5.02 Å². The fraction of sp³-hybridized carbons (Fsp3) is 0.100. The molecule has 0 spiro atoms. The Hall–Kier alpha value is -1.07. The zero-order valence-corrected chi connectivity index (χ0v) is 9.21. The maximum atomic E-state index is 12.4. The van der Waals surface area contributed by atoms with Gasteiger partial charge in [0.2, 0.25) is 0 Å². The zero-order chi connectivity index (χ0) is 11.9. The molecule has 0 amide bonds. The SMILES string of the molecule is O=c1cc(C(F)(F)F)sc2ccc(Cl)cc12. The van der Waals surface area contributed by atoms with Crippen molar-refractivity contribution in [3.05, 3.63) is 44.4 Å². The molecule has 1 heterocycles. The Labute approximate surface area is 97.1 Å².